The maximum absolute atomic E-state index is 9.10. The maximum atomic E-state index is 9.10. The van der Waals surface area contributed by atoms with E-state index in [9.17, 15) is 0 Å². The molecule has 0 aromatic carbocycles. The molecule has 4 nitrogen and oxygen atoms in total. The number of aromatic nitrogens is 2. The van der Waals surface area contributed by atoms with E-state index < -0.39 is 0 Å². The van der Waals surface area contributed by atoms with E-state index in [1.165, 1.54) is 11.5 Å². The van der Waals surface area contributed by atoms with Gasteiger partial charge in [0.1, 0.15) is 6.33 Å². The van der Waals surface area contributed by atoms with Crippen molar-refractivity contribution in [2.75, 3.05) is 12.4 Å². The lowest BCUT2D eigenvalue weighted by Crippen LogP contribution is -2.39. The summed E-state index contributed by atoms with van der Waals surface area (Å²) in [6, 6.07) is 0.520. The van der Waals surface area contributed by atoms with Crippen LogP contribution in [0.2, 0.25) is 0 Å². The first-order chi connectivity index (χ1) is 6.72. The van der Waals surface area contributed by atoms with Crippen LogP contribution in [0.4, 0.5) is 0 Å². The SMILES string of the molecule is CC(C)NC(CO)CSc1ncns1. The van der Waals surface area contributed by atoms with Gasteiger partial charge in [0.05, 0.1) is 6.61 Å². The van der Waals surface area contributed by atoms with Gasteiger partial charge in [0.2, 0.25) is 0 Å². The summed E-state index contributed by atoms with van der Waals surface area (Å²) in [5.74, 6) is 0.823. The van der Waals surface area contributed by atoms with E-state index in [-0.39, 0.29) is 12.6 Å². The summed E-state index contributed by atoms with van der Waals surface area (Å²) in [7, 11) is 0. The van der Waals surface area contributed by atoms with Crippen molar-refractivity contribution in [1.82, 2.24) is 14.7 Å². The summed E-state index contributed by atoms with van der Waals surface area (Å²) < 4.78 is 4.87. The highest BCUT2D eigenvalue weighted by atomic mass is 32.2. The molecule has 0 aliphatic carbocycles. The molecule has 1 atom stereocenters. The zero-order valence-electron chi connectivity index (χ0n) is 8.30. The summed E-state index contributed by atoms with van der Waals surface area (Å²) in [6.07, 6.45) is 1.55. The third-order valence-corrected chi connectivity index (χ3v) is 3.50. The van der Waals surface area contributed by atoms with Gasteiger partial charge in [-0.1, -0.05) is 25.6 Å². The quantitative estimate of drug-likeness (QED) is 0.718. The van der Waals surface area contributed by atoms with Gasteiger partial charge in [0.15, 0.2) is 4.34 Å². The molecule has 0 aliphatic rings. The number of aliphatic hydroxyl groups excluding tert-OH is 1. The molecule has 1 aromatic rings. The topological polar surface area (TPSA) is 58.0 Å². The number of aliphatic hydroxyl groups is 1. The summed E-state index contributed by atoms with van der Waals surface area (Å²) in [4.78, 5) is 4.06. The minimum atomic E-state index is 0.129. The average Bonchev–Trinajstić information content (AvgIpc) is 2.64. The summed E-state index contributed by atoms with van der Waals surface area (Å²) in [5, 5.41) is 12.4. The lowest BCUT2D eigenvalue weighted by molar-refractivity contribution is 0.247. The fourth-order valence-electron chi connectivity index (χ4n) is 1.02. The van der Waals surface area contributed by atoms with Crippen LogP contribution in [0.1, 0.15) is 13.8 Å². The van der Waals surface area contributed by atoms with Crippen molar-refractivity contribution in [3.8, 4) is 0 Å². The smallest absolute Gasteiger partial charge is 0.169 e. The molecule has 1 rings (SSSR count). The standard InChI is InChI=1S/C8H15N3OS2/c1-6(2)11-7(3-12)4-13-8-9-5-10-14-8/h5-7,11-12H,3-4H2,1-2H3. The molecule has 0 radical (unpaired) electrons. The molecule has 0 saturated carbocycles. The third-order valence-electron chi connectivity index (χ3n) is 1.54. The van der Waals surface area contributed by atoms with Crippen molar-refractivity contribution in [1.29, 1.82) is 0 Å². The van der Waals surface area contributed by atoms with Gasteiger partial charge < -0.3 is 10.4 Å². The van der Waals surface area contributed by atoms with Crippen LogP contribution in [-0.4, -0.2) is 38.9 Å². The highest BCUT2D eigenvalue weighted by molar-refractivity contribution is 8.00. The summed E-state index contributed by atoms with van der Waals surface area (Å²) in [5.41, 5.74) is 0. The Labute approximate surface area is 92.3 Å². The van der Waals surface area contributed by atoms with E-state index in [0.717, 1.165) is 10.1 Å². The van der Waals surface area contributed by atoms with E-state index in [2.05, 4.69) is 28.5 Å². The highest BCUT2D eigenvalue weighted by Crippen LogP contribution is 2.18. The number of thioether (sulfide) groups is 1. The molecule has 0 spiro atoms. The normalized spacial score (nSPS) is 13.4. The predicted molar refractivity (Wildman–Crippen MR) is 59.8 cm³/mol. The van der Waals surface area contributed by atoms with Crippen LogP contribution < -0.4 is 5.32 Å². The molecule has 80 valence electrons. The second-order valence-electron chi connectivity index (χ2n) is 3.22. The number of nitrogens with one attached hydrogen (secondary N) is 1. The number of hydrogen-bond acceptors (Lipinski definition) is 6. The Morgan fingerprint density at radius 1 is 1.64 bits per heavy atom. The van der Waals surface area contributed by atoms with E-state index in [0.29, 0.717) is 6.04 Å². The Morgan fingerprint density at radius 3 is 2.93 bits per heavy atom. The van der Waals surface area contributed by atoms with Gasteiger partial charge >= 0.3 is 0 Å². The highest BCUT2D eigenvalue weighted by Gasteiger charge is 2.09. The second kappa shape index (κ2) is 6.34. The predicted octanol–water partition coefficient (Wildman–Crippen LogP) is 0.989. The van der Waals surface area contributed by atoms with Crippen molar-refractivity contribution in [3.63, 3.8) is 0 Å². The molecule has 0 amide bonds. The number of nitrogens with zero attached hydrogens (tertiary/aromatic N) is 2. The molecule has 14 heavy (non-hydrogen) atoms. The van der Waals surface area contributed by atoms with E-state index in [1.807, 2.05) is 0 Å². The van der Waals surface area contributed by atoms with Crippen LogP contribution in [0.3, 0.4) is 0 Å². The van der Waals surface area contributed by atoms with Gasteiger partial charge in [-0.3, -0.25) is 0 Å². The molecular formula is C8H15N3OS2. The fourth-order valence-corrected chi connectivity index (χ4v) is 2.51. The molecule has 1 unspecified atom stereocenters. The summed E-state index contributed by atoms with van der Waals surface area (Å²) >= 11 is 3.01. The fraction of sp³-hybridized carbons (Fsp3) is 0.750. The molecule has 0 bridgehead atoms. The Morgan fingerprint density at radius 2 is 2.43 bits per heavy atom. The van der Waals surface area contributed by atoms with Gasteiger partial charge in [-0.15, -0.1) is 0 Å². The van der Waals surface area contributed by atoms with Crippen molar-refractivity contribution >= 4 is 23.3 Å². The van der Waals surface area contributed by atoms with Gasteiger partial charge in [0, 0.05) is 17.8 Å². The Kier molecular flexibility index (Phi) is 5.39. The van der Waals surface area contributed by atoms with Gasteiger partial charge in [-0.25, -0.2) is 4.98 Å². The first-order valence-corrected chi connectivity index (χ1v) is 6.24. The minimum absolute atomic E-state index is 0.129. The zero-order valence-corrected chi connectivity index (χ0v) is 9.94. The van der Waals surface area contributed by atoms with E-state index in [4.69, 9.17) is 5.11 Å². The third kappa shape index (κ3) is 4.36. The number of hydrogen-bond donors (Lipinski definition) is 2. The van der Waals surface area contributed by atoms with Crippen LogP contribution in [-0.2, 0) is 0 Å². The van der Waals surface area contributed by atoms with Crippen LogP contribution in [0, 0.1) is 0 Å². The Bertz CT molecular complexity index is 241. The number of rotatable bonds is 6. The largest absolute Gasteiger partial charge is 0.395 e. The van der Waals surface area contributed by atoms with Gasteiger partial charge in [0.25, 0.3) is 0 Å². The lowest BCUT2D eigenvalue weighted by Gasteiger charge is -2.17. The van der Waals surface area contributed by atoms with E-state index in [1.54, 1.807) is 18.1 Å². The molecule has 1 aromatic heterocycles. The molecule has 0 saturated heterocycles. The lowest BCUT2D eigenvalue weighted by atomic mass is 10.3. The van der Waals surface area contributed by atoms with Crippen LogP contribution >= 0.6 is 23.3 Å². The molecular weight excluding hydrogens is 218 g/mol. The van der Waals surface area contributed by atoms with Crippen molar-refractivity contribution in [3.05, 3.63) is 6.33 Å². The minimum Gasteiger partial charge on any atom is -0.395 e. The van der Waals surface area contributed by atoms with Gasteiger partial charge in [-0.2, -0.15) is 4.37 Å². The molecule has 1 heterocycles. The maximum Gasteiger partial charge on any atom is 0.169 e. The molecule has 6 heteroatoms. The average molecular weight is 233 g/mol. The molecule has 2 N–H and O–H groups in total. The monoisotopic (exact) mass is 233 g/mol. The Balaban J connectivity index is 2.27. The van der Waals surface area contributed by atoms with Crippen molar-refractivity contribution in [2.45, 2.75) is 30.3 Å². The van der Waals surface area contributed by atoms with Crippen molar-refractivity contribution in [2.24, 2.45) is 0 Å². The first-order valence-electron chi connectivity index (χ1n) is 4.48. The Hall–Kier alpha value is -0.170. The van der Waals surface area contributed by atoms with Gasteiger partial charge in [-0.05, 0) is 11.5 Å². The first kappa shape index (κ1) is 11.9. The van der Waals surface area contributed by atoms with E-state index >= 15 is 0 Å². The zero-order chi connectivity index (χ0) is 10.4. The van der Waals surface area contributed by atoms with Crippen molar-refractivity contribution < 1.29 is 5.11 Å². The second-order valence-corrected chi connectivity index (χ2v) is 5.27. The molecule has 0 fully saturated rings. The van der Waals surface area contributed by atoms with Crippen LogP contribution in [0.5, 0.6) is 0 Å². The molecule has 0 aliphatic heterocycles. The van der Waals surface area contributed by atoms with Crippen LogP contribution in [0.25, 0.3) is 0 Å². The summed E-state index contributed by atoms with van der Waals surface area (Å²) in [6.45, 7) is 4.29. The van der Waals surface area contributed by atoms with Crippen LogP contribution in [0.15, 0.2) is 10.7 Å².